The Hall–Kier alpha value is -2.93. The van der Waals surface area contributed by atoms with E-state index >= 15 is 0 Å². The largest absolute Gasteiger partial charge is 0.490 e. The van der Waals surface area contributed by atoms with Gasteiger partial charge in [0.15, 0.2) is 11.5 Å². The number of aromatic nitrogens is 2. The number of para-hydroxylation sites is 1. The highest BCUT2D eigenvalue weighted by Gasteiger charge is 2.16. The van der Waals surface area contributed by atoms with Crippen molar-refractivity contribution in [3.05, 3.63) is 59.9 Å². The Morgan fingerprint density at radius 1 is 1.10 bits per heavy atom. The molecule has 0 saturated heterocycles. The molecule has 3 aromatic rings. The topological polar surface area (TPSA) is 65.4 Å². The van der Waals surface area contributed by atoms with Crippen LogP contribution in [-0.2, 0) is 4.79 Å². The van der Waals surface area contributed by atoms with Crippen LogP contribution in [0.3, 0.4) is 0 Å². The maximum absolute atomic E-state index is 12.6. The Balaban J connectivity index is 1.42. The molecular formula is C22H23N3O3S. The summed E-state index contributed by atoms with van der Waals surface area (Å²) in [6.45, 7) is 5.17. The highest BCUT2D eigenvalue weighted by molar-refractivity contribution is 8.00. The number of benzene rings is 2. The van der Waals surface area contributed by atoms with Crippen molar-refractivity contribution in [1.82, 2.24) is 9.78 Å². The van der Waals surface area contributed by atoms with Gasteiger partial charge in [-0.25, -0.2) is 4.68 Å². The minimum atomic E-state index is -0.0686. The van der Waals surface area contributed by atoms with E-state index in [1.165, 1.54) is 11.8 Å². The van der Waals surface area contributed by atoms with Crippen LogP contribution in [0.2, 0.25) is 0 Å². The third kappa shape index (κ3) is 4.40. The van der Waals surface area contributed by atoms with Crippen LogP contribution in [0.1, 0.15) is 17.8 Å². The lowest BCUT2D eigenvalue weighted by atomic mass is 10.3. The number of carbonyl (C=O) groups excluding carboxylic acids is 1. The number of anilines is 1. The second kappa shape index (κ2) is 8.61. The normalized spacial score (nSPS) is 13.0. The fourth-order valence-corrected chi connectivity index (χ4v) is 3.93. The predicted molar refractivity (Wildman–Crippen MR) is 114 cm³/mol. The van der Waals surface area contributed by atoms with Crippen molar-refractivity contribution in [1.29, 1.82) is 0 Å². The van der Waals surface area contributed by atoms with E-state index in [-0.39, 0.29) is 5.91 Å². The van der Waals surface area contributed by atoms with Crippen LogP contribution < -0.4 is 14.8 Å². The second-order valence-electron chi connectivity index (χ2n) is 6.79. The lowest BCUT2D eigenvalue weighted by molar-refractivity contribution is -0.113. The quantitative estimate of drug-likeness (QED) is 0.634. The SMILES string of the molecule is Cc1nn(-c2ccccc2)c(C)c1NC(=O)CSc1ccc2c(c1)OCCCO2. The molecule has 1 aliphatic heterocycles. The standard InChI is InChI=1S/C22H23N3O3S/c1-15-22(16(2)25(24-15)17-7-4-3-5-8-17)23-21(26)14-29-18-9-10-19-20(13-18)28-12-6-11-27-19/h3-5,7-10,13H,6,11-12,14H2,1-2H3,(H,23,26). The number of hydrogen-bond donors (Lipinski definition) is 1. The van der Waals surface area contributed by atoms with Gasteiger partial charge in [-0.15, -0.1) is 11.8 Å². The summed E-state index contributed by atoms with van der Waals surface area (Å²) in [4.78, 5) is 13.5. The number of amides is 1. The van der Waals surface area contributed by atoms with Gasteiger partial charge < -0.3 is 14.8 Å². The van der Waals surface area contributed by atoms with Crippen molar-refractivity contribution in [2.24, 2.45) is 0 Å². The molecule has 2 heterocycles. The third-order valence-electron chi connectivity index (χ3n) is 4.65. The van der Waals surface area contributed by atoms with Crippen LogP contribution in [0.25, 0.3) is 5.69 Å². The van der Waals surface area contributed by atoms with Gasteiger partial charge in [-0.05, 0) is 44.2 Å². The summed E-state index contributed by atoms with van der Waals surface area (Å²) in [5, 5.41) is 7.59. The zero-order valence-corrected chi connectivity index (χ0v) is 17.3. The van der Waals surface area contributed by atoms with Crippen LogP contribution in [0, 0.1) is 13.8 Å². The van der Waals surface area contributed by atoms with Crippen LogP contribution in [0.4, 0.5) is 5.69 Å². The summed E-state index contributed by atoms with van der Waals surface area (Å²) < 4.78 is 13.2. The smallest absolute Gasteiger partial charge is 0.234 e. The fourth-order valence-electron chi connectivity index (χ4n) is 3.20. The van der Waals surface area contributed by atoms with E-state index in [0.29, 0.717) is 19.0 Å². The highest BCUT2D eigenvalue weighted by Crippen LogP contribution is 2.34. The molecule has 4 rings (SSSR count). The molecule has 29 heavy (non-hydrogen) atoms. The molecule has 0 fully saturated rings. The highest BCUT2D eigenvalue weighted by atomic mass is 32.2. The lowest BCUT2D eigenvalue weighted by Crippen LogP contribution is -2.15. The third-order valence-corrected chi connectivity index (χ3v) is 5.64. The summed E-state index contributed by atoms with van der Waals surface area (Å²) in [7, 11) is 0. The molecule has 2 aromatic carbocycles. The molecule has 0 aliphatic carbocycles. The Morgan fingerprint density at radius 2 is 1.86 bits per heavy atom. The minimum Gasteiger partial charge on any atom is -0.490 e. The van der Waals surface area contributed by atoms with E-state index in [1.807, 2.05) is 67.1 Å². The first-order chi connectivity index (χ1) is 14.1. The van der Waals surface area contributed by atoms with Gasteiger partial charge in [0, 0.05) is 11.3 Å². The van der Waals surface area contributed by atoms with Crippen molar-refractivity contribution in [2.75, 3.05) is 24.3 Å². The Labute approximate surface area is 174 Å². The van der Waals surface area contributed by atoms with Gasteiger partial charge in [-0.3, -0.25) is 4.79 Å². The Bertz CT molecular complexity index is 1020. The second-order valence-corrected chi connectivity index (χ2v) is 7.84. The van der Waals surface area contributed by atoms with Crippen molar-refractivity contribution < 1.29 is 14.3 Å². The summed E-state index contributed by atoms with van der Waals surface area (Å²) in [5.41, 5.74) is 3.43. The zero-order chi connectivity index (χ0) is 20.2. The number of rotatable bonds is 5. The first-order valence-corrected chi connectivity index (χ1v) is 10.5. The molecule has 6 nitrogen and oxygen atoms in total. The van der Waals surface area contributed by atoms with Gasteiger partial charge in [0.1, 0.15) is 0 Å². The Morgan fingerprint density at radius 3 is 2.66 bits per heavy atom. The van der Waals surface area contributed by atoms with Crippen LogP contribution in [-0.4, -0.2) is 34.7 Å². The van der Waals surface area contributed by atoms with Gasteiger partial charge in [-0.1, -0.05) is 18.2 Å². The van der Waals surface area contributed by atoms with E-state index in [4.69, 9.17) is 9.47 Å². The maximum Gasteiger partial charge on any atom is 0.234 e. The lowest BCUT2D eigenvalue weighted by Gasteiger charge is -2.10. The average molecular weight is 410 g/mol. The summed E-state index contributed by atoms with van der Waals surface area (Å²) in [6, 6.07) is 15.7. The monoisotopic (exact) mass is 409 g/mol. The minimum absolute atomic E-state index is 0.0686. The van der Waals surface area contributed by atoms with E-state index in [1.54, 1.807) is 0 Å². The van der Waals surface area contributed by atoms with E-state index in [0.717, 1.165) is 45.6 Å². The van der Waals surface area contributed by atoms with Gasteiger partial charge in [-0.2, -0.15) is 5.10 Å². The van der Waals surface area contributed by atoms with E-state index < -0.39 is 0 Å². The maximum atomic E-state index is 12.6. The van der Waals surface area contributed by atoms with Gasteiger partial charge in [0.25, 0.3) is 0 Å². The van der Waals surface area contributed by atoms with Crippen molar-refractivity contribution in [2.45, 2.75) is 25.2 Å². The van der Waals surface area contributed by atoms with Crippen LogP contribution >= 0.6 is 11.8 Å². The molecule has 1 N–H and O–H groups in total. The molecule has 1 aromatic heterocycles. The first kappa shape index (κ1) is 19.4. The molecule has 150 valence electrons. The van der Waals surface area contributed by atoms with Gasteiger partial charge >= 0.3 is 0 Å². The zero-order valence-electron chi connectivity index (χ0n) is 16.5. The molecule has 1 amide bonds. The number of nitrogens with zero attached hydrogens (tertiary/aromatic N) is 2. The van der Waals surface area contributed by atoms with Gasteiger partial charge in [0.05, 0.1) is 41.7 Å². The molecule has 0 saturated carbocycles. The number of aryl methyl sites for hydroxylation is 1. The summed E-state index contributed by atoms with van der Waals surface area (Å²) in [5.74, 6) is 1.73. The van der Waals surface area contributed by atoms with E-state index in [9.17, 15) is 4.79 Å². The van der Waals surface area contributed by atoms with Crippen molar-refractivity contribution in [3.63, 3.8) is 0 Å². The fraction of sp³-hybridized carbons (Fsp3) is 0.273. The predicted octanol–water partition coefficient (Wildman–Crippen LogP) is 4.38. The molecular weight excluding hydrogens is 386 g/mol. The first-order valence-electron chi connectivity index (χ1n) is 9.56. The summed E-state index contributed by atoms with van der Waals surface area (Å²) >= 11 is 1.47. The van der Waals surface area contributed by atoms with Crippen LogP contribution in [0.5, 0.6) is 11.5 Å². The number of ether oxygens (including phenoxy) is 2. The molecule has 1 aliphatic rings. The number of hydrogen-bond acceptors (Lipinski definition) is 5. The molecule has 0 bridgehead atoms. The number of nitrogens with one attached hydrogen (secondary N) is 1. The molecule has 0 radical (unpaired) electrons. The number of carbonyl (C=O) groups is 1. The number of thioether (sulfide) groups is 1. The molecule has 0 unspecified atom stereocenters. The molecule has 0 spiro atoms. The number of fused-ring (bicyclic) bond motifs is 1. The van der Waals surface area contributed by atoms with E-state index in [2.05, 4.69) is 10.4 Å². The molecule has 0 atom stereocenters. The van der Waals surface area contributed by atoms with Gasteiger partial charge in [0.2, 0.25) is 5.91 Å². The van der Waals surface area contributed by atoms with Crippen molar-refractivity contribution >= 4 is 23.4 Å². The molecule has 7 heteroatoms. The van der Waals surface area contributed by atoms with Crippen LogP contribution in [0.15, 0.2) is 53.4 Å². The Kier molecular flexibility index (Phi) is 5.76. The van der Waals surface area contributed by atoms with Crippen molar-refractivity contribution in [3.8, 4) is 17.2 Å². The summed E-state index contributed by atoms with van der Waals surface area (Å²) in [6.07, 6.45) is 0.870. The average Bonchev–Trinajstić information content (AvgIpc) is 2.90.